The molecule has 108 valence electrons. The van der Waals surface area contributed by atoms with E-state index in [2.05, 4.69) is 10.5 Å². The van der Waals surface area contributed by atoms with E-state index in [0.29, 0.717) is 17.1 Å². The maximum absolute atomic E-state index is 10.9. The van der Waals surface area contributed by atoms with Crippen molar-refractivity contribution in [3.05, 3.63) is 46.7 Å². The van der Waals surface area contributed by atoms with Gasteiger partial charge >= 0.3 is 5.97 Å². The van der Waals surface area contributed by atoms with Crippen molar-refractivity contribution in [3.63, 3.8) is 0 Å². The predicted molar refractivity (Wildman–Crippen MR) is 77.5 cm³/mol. The van der Waals surface area contributed by atoms with Crippen molar-refractivity contribution in [3.8, 4) is 11.3 Å². The molecule has 0 saturated heterocycles. The zero-order chi connectivity index (χ0) is 15.4. The van der Waals surface area contributed by atoms with Crippen LogP contribution < -0.4 is 5.43 Å². The molecule has 0 aliphatic rings. The van der Waals surface area contributed by atoms with Crippen LogP contribution in [-0.2, 0) is 4.79 Å². The van der Waals surface area contributed by atoms with Gasteiger partial charge in [-0.2, -0.15) is 5.10 Å². The summed E-state index contributed by atoms with van der Waals surface area (Å²) in [6.07, 6.45) is 1.36. The molecule has 0 aliphatic carbocycles. The number of furan rings is 1. The smallest absolute Gasteiger partial charge is 0.337 e. The Morgan fingerprint density at radius 1 is 1.33 bits per heavy atom. The largest absolute Gasteiger partial charge is 0.478 e. The first-order valence-electron chi connectivity index (χ1n) is 5.90. The molecule has 1 aromatic heterocycles. The quantitative estimate of drug-likeness (QED) is 0.671. The molecular formula is C14H11ClN2O4. The molecule has 2 N–H and O–H groups in total. The van der Waals surface area contributed by atoms with Crippen LogP contribution >= 0.6 is 11.6 Å². The first-order valence-corrected chi connectivity index (χ1v) is 6.28. The van der Waals surface area contributed by atoms with Crippen molar-refractivity contribution in [1.82, 2.24) is 5.43 Å². The van der Waals surface area contributed by atoms with Gasteiger partial charge in [0.2, 0.25) is 5.91 Å². The highest BCUT2D eigenvalue weighted by molar-refractivity contribution is 6.33. The lowest BCUT2D eigenvalue weighted by Gasteiger charge is -2.01. The molecule has 0 aliphatic heterocycles. The number of aromatic carboxylic acids is 1. The highest BCUT2D eigenvalue weighted by Crippen LogP contribution is 2.27. The van der Waals surface area contributed by atoms with Gasteiger partial charge in [-0.3, -0.25) is 4.79 Å². The summed E-state index contributed by atoms with van der Waals surface area (Å²) in [4.78, 5) is 21.6. The van der Waals surface area contributed by atoms with Crippen LogP contribution in [0.3, 0.4) is 0 Å². The summed E-state index contributed by atoms with van der Waals surface area (Å²) in [5.41, 5.74) is 2.93. The predicted octanol–water partition coefficient (Wildman–Crippen LogP) is 2.77. The maximum Gasteiger partial charge on any atom is 0.337 e. The number of hydrogen-bond acceptors (Lipinski definition) is 4. The van der Waals surface area contributed by atoms with Crippen molar-refractivity contribution >= 4 is 29.7 Å². The molecule has 2 rings (SSSR count). The van der Waals surface area contributed by atoms with Gasteiger partial charge in [0.25, 0.3) is 0 Å². The first-order chi connectivity index (χ1) is 9.97. The number of nitrogens with zero attached hydrogens (tertiary/aromatic N) is 1. The minimum atomic E-state index is -1.09. The second-order valence-corrected chi connectivity index (χ2v) is 4.54. The van der Waals surface area contributed by atoms with Gasteiger partial charge < -0.3 is 9.52 Å². The third-order valence-electron chi connectivity index (χ3n) is 2.52. The van der Waals surface area contributed by atoms with Crippen LogP contribution in [0.25, 0.3) is 11.3 Å². The van der Waals surface area contributed by atoms with E-state index in [0.717, 1.165) is 0 Å². The molecule has 1 amide bonds. The number of benzene rings is 1. The van der Waals surface area contributed by atoms with Gasteiger partial charge in [0.1, 0.15) is 11.5 Å². The van der Waals surface area contributed by atoms with E-state index >= 15 is 0 Å². The van der Waals surface area contributed by atoms with Gasteiger partial charge in [0.05, 0.1) is 16.8 Å². The molecule has 0 fully saturated rings. The van der Waals surface area contributed by atoms with Crippen LogP contribution in [0.5, 0.6) is 0 Å². The average molecular weight is 307 g/mol. The maximum atomic E-state index is 10.9. The third kappa shape index (κ3) is 3.70. The zero-order valence-corrected chi connectivity index (χ0v) is 11.7. The molecule has 0 unspecified atom stereocenters. The lowest BCUT2D eigenvalue weighted by atomic mass is 10.1. The Bertz CT molecular complexity index is 722. The number of carbonyl (C=O) groups excluding carboxylic acids is 1. The van der Waals surface area contributed by atoms with Crippen molar-refractivity contribution in [2.45, 2.75) is 6.92 Å². The summed E-state index contributed by atoms with van der Waals surface area (Å²) < 4.78 is 5.50. The van der Waals surface area contributed by atoms with Gasteiger partial charge in [0, 0.05) is 12.5 Å². The van der Waals surface area contributed by atoms with E-state index in [1.54, 1.807) is 18.2 Å². The standard InChI is InChI=1S/C14H11ClN2O4/c1-8(18)17-16-7-10-3-5-13(21-10)9-2-4-11(14(19)20)12(15)6-9/h2-7H,1H3,(H,17,18)(H,19,20)/b16-7-. The topological polar surface area (TPSA) is 91.9 Å². The second kappa shape index (κ2) is 6.23. The number of rotatable bonds is 4. The monoisotopic (exact) mass is 306 g/mol. The summed E-state index contributed by atoms with van der Waals surface area (Å²) in [6, 6.07) is 7.88. The van der Waals surface area contributed by atoms with Crippen LogP contribution in [0.4, 0.5) is 0 Å². The van der Waals surface area contributed by atoms with Crippen LogP contribution in [0.2, 0.25) is 5.02 Å². The van der Waals surface area contributed by atoms with Gasteiger partial charge in [-0.05, 0) is 24.3 Å². The van der Waals surface area contributed by atoms with E-state index in [1.807, 2.05) is 0 Å². The van der Waals surface area contributed by atoms with Crippen molar-refractivity contribution in [1.29, 1.82) is 0 Å². The second-order valence-electron chi connectivity index (χ2n) is 4.13. The Hall–Kier alpha value is -2.60. The van der Waals surface area contributed by atoms with Gasteiger partial charge in [-0.25, -0.2) is 10.2 Å². The fraction of sp³-hybridized carbons (Fsp3) is 0.0714. The molecule has 6 nitrogen and oxygen atoms in total. The van der Waals surface area contributed by atoms with Crippen LogP contribution in [0, 0.1) is 0 Å². The molecule has 7 heteroatoms. The SMILES string of the molecule is CC(=O)N/N=C\c1ccc(-c2ccc(C(=O)O)c(Cl)c2)o1. The van der Waals surface area contributed by atoms with Crippen molar-refractivity contribution in [2.24, 2.45) is 5.10 Å². The number of halogens is 1. The number of carbonyl (C=O) groups is 2. The van der Waals surface area contributed by atoms with Gasteiger partial charge in [0.15, 0.2) is 0 Å². The summed E-state index contributed by atoms with van der Waals surface area (Å²) in [6.45, 7) is 1.34. The minimum Gasteiger partial charge on any atom is -0.478 e. The minimum absolute atomic E-state index is 0.0272. The number of hydrogen-bond donors (Lipinski definition) is 2. The number of hydrazone groups is 1. The van der Waals surface area contributed by atoms with E-state index < -0.39 is 5.97 Å². The molecule has 0 radical (unpaired) electrons. The van der Waals surface area contributed by atoms with Crippen LogP contribution in [0.15, 0.2) is 39.9 Å². The molecule has 0 saturated carbocycles. The molecular weight excluding hydrogens is 296 g/mol. The highest BCUT2D eigenvalue weighted by Gasteiger charge is 2.11. The Labute approximate surface area is 125 Å². The number of nitrogens with one attached hydrogen (secondary N) is 1. The summed E-state index contributed by atoms with van der Waals surface area (Å²) >= 11 is 5.90. The first kappa shape index (κ1) is 14.8. The lowest BCUT2D eigenvalue weighted by molar-refractivity contribution is -0.118. The third-order valence-corrected chi connectivity index (χ3v) is 2.84. The Kier molecular flexibility index (Phi) is 4.39. The Morgan fingerprint density at radius 3 is 2.71 bits per heavy atom. The van der Waals surface area contributed by atoms with Crippen molar-refractivity contribution < 1.29 is 19.1 Å². The van der Waals surface area contributed by atoms with E-state index in [4.69, 9.17) is 21.1 Å². The van der Waals surface area contributed by atoms with Crippen LogP contribution in [0.1, 0.15) is 23.0 Å². The van der Waals surface area contributed by atoms with E-state index in [-0.39, 0.29) is 16.5 Å². The summed E-state index contributed by atoms with van der Waals surface area (Å²) in [7, 11) is 0. The fourth-order valence-electron chi connectivity index (χ4n) is 1.61. The number of carboxylic acids is 1. The van der Waals surface area contributed by atoms with Crippen LogP contribution in [-0.4, -0.2) is 23.2 Å². The molecule has 21 heavy (non-hydrogen) atoms. The van der Waals surface area contributed by atoms with E-state index in [9.17, 15) is 9.59 Å². The molecule has 0 bridgehead atoms. The summed E-state index contributed by atoms with van der Waals surface area (Å²) in [5, 5.41) is 12.7. The molecule has 0 atom stereocenters. The highest BCUT2D eigenvalue weighted by atomic mass is 35.5. The fourth-order valence-corrected chi connectivity index (χ4v) is 1.87. The van der Waals surface area contributed by atoms with Gasteiger partial charge in [-0.15, -0.1) is 0 Å². The average Bonchev–Trinajstić information content (AvgIpc) is 2.86. The molecule has 2 aromatic rings. The molecule has 1 heterocycles. The molecule has 1 aromatic carbocycles. The number of amides is 1. The lowest BCUT2D eigenvalue weighted by Crippen LogP contribution is -2.12. The van der Waals surface area contributed by atoms with Crippen molar-refractivity contribution in [2.75, 3.05) is 0 Å². The Morgan fingerprint density at radius 2 is 2.10 bits per heavy atom. The van der Waals surface area contributed by atoms with E-state index in [1.165, 1.54) is 25.3 Å². The Balaban J connectivity index is 2.21. The normalized spacial score (nSPS) is 10.8. The molecule has 0 spiro atoms. The zero-order valence-electron chi connectivity index (χ0n) is 11.0. The summed E-state index contributed by atoms with van der Waals surface area (Å²) in [5.74, 6) is -0.418. The van der Waals surface area contributed by atoms with Gasteiger partial charge in [-0.1, -0.05) is 17.7 Å². The number of carboxylic acid groups (broad SMARTS) is 1.